The molecule has 1 amide bonds. The second kappa shape index (κ2) is 7.53. The molecule has 25 heavy (non-hydrogen) atoms. The summed E-state index contributed by atoms with van der Waals surface area (Å²) in [5.41, 5.74) is 2.41. The first-order chi connectivity index (χ1) is 12.1. The molecule has 0 N–H and O–H groups in total. The third-order valence-corrected chi connectivity index (χ3v) is 4.49. The van der Waals surface area contributed by atoms with Crippen LogP contribution in [0.5, 0.6) is 11.5 Å². The highest BCUT2D eigenvalue weighted by molar-refractivity contribution is 5.95. The Morgan fingerprint density at radius 3 is 2.36 bits per heavy atom. The van der Waals surface area contributed by atoms with Gasteiger partial charge in [-0.25, -0.2) is 0 Å². The van der Waals surface area contributed by atoms with Crippen LogP contribution in [0.2, 0.25) is 0 Å². The molecule has 0 unspecified atom stereocenters. The lowest BCUT2D eigenvalue weighted by atomic mass is 10.0. The number of hydrogen-bond acceptors (Lipinski definition) is 5. The van der Waals surface area contributed by atoms with Crippen molar-refractivity contribution in [3.8, 4) is 22.6 Å². The molecule has 1 aliphatic rings. The second-order valence-electron chi connectivity index (χ2n) is 6.13. The number of amides is 1. The first kappa shape index (κ1) is 17.2. The molecule has 3 rings (SSSR count). The van der Waals surface area contributed by atoms with Crippen LogP contribution in [-0.4, -0.2) is 68.1 Å². The molecule has 2 aromatic rings. The smallest absolute Gasteiger partial charge is 0.255 e. The summed E-state index contributed by atoms with van der Waals surface area (Å²) in [6.45, 7) is 3.29. The largest absolute Gasteiger partial charge is 0.493 e. The maximum Gasteiger partial charge on any atom is 0.255 e. The van der Waals surface area contributed by atoms with E-state index >= 15 is 0 Å². The molecule has 6 heteroatoms. The van der Waals surface area contributed by atoms with Gasteiger partial charge in [-0.2, -0.15) is 0 Å². The maximum absolute atomic E-state index is 12.7. The quantitative estimate of drug-likeness (QED) is 0.853. The number of aromatic nitrogens is 1. The summed E-state index contributed by atoms with van der Waals surface area (Å²) in [6, 6.07) is 7.56. The molecule has 1 aliphatic heterocycles. The van der Waals surface area contributed by atoms with E-state index in [0.717, 1.165) is 37.3 Å². The van der Waals surface area contributed by atoms with Gasteiger partial charge in [0.05, 0.1) is 19.8 Å². The summed E-state index contributed by atoms with van der Waals surface area (Å²) in [6.07, 6.45) is 3.38. The first-order valence-corrected chi connectivity index (χ1v) is 8.27. The Balaban J connectivity index is 1.85. The lowest BCUT2D eigenvalue weighted by Gasteiger charge is -2.32. The monoisotopic (exact) mass is 341 g/mol. The van der Waals surface area contributed by atoms with Crippen molar-refractivity contribution in [1.82, 2.24) is 14.8 Å². The third kappa shape index (κ3) is 3.74. The van der Waals surface area contributed by atoms with Crippen molar-refractivity contribution >= 4 is 5.91 Å². The highest BCUT2D eigenvalue weighted by Gasteiger charge is 2.21. The SMILES string of the molecule is COc1ccc(-c2cncc(C(=O)N3CCN(C)CC3)c2)cc1OC. The number of methoxy groups -OCH3 is 2. The van der Waals surface area contributed by atoms with Gasteiger partial charge in [0, 0.05) is 44.1 Å². The van der Waals surface area contributed by atoms with Crippen molar-refractivity contribution in [1.29, 1.82) is 0 Å². The lowest BCUT2D eigenvalue weighted by Crippen LogP contribution is -2.47. The number of pyridine rings is 1. The van der Waals surface area contributed by atoms with Crippen molar-refractivity contribution in [2.24, 2.45) is 0 Å². The lowest BCUT2D eigenvalue weighted by molar-refractivity contribution is 0.0663. The van der Waals surface area contributed by atoms with Gasteiger partial charge in [0.1, 0.15) is 0 Å². The van der Waals surface area contributed by atoms with Gasteiger partial charge in [-0.15, -0.1) is 0 Å². The molecule has 2 heterocycles. The molecule has 0 saturated carbocycles. The van der Waals surface area contributed by atoms with Gasteiger partial charge in [-0.05, 0) is 30.8 Å². The Bertz CT molecular complexity index is 755. The van der Waals surface area contributed by atoms with Crippen LogP contribution < -0.4 is 9.47 Å². The van der Waals surface area contributed by atoms with Crippen LogP contribution in [0.3, 0.4) is 0 Å². The second-order valence-corrected chi connectivity index (χ2v) is 6.13. The summed E-state index contributed by atoms with van der Waals surface area (Å²) >= 11 is 0. The Morgan fingerprint density at radius 1 is 0.960 bits per heavy atom. The van der Waals surface area contributed by atoms with Crippen molar-refractivity contribution in [2.75, 3.05) is 47.4 Å². The molecule has 1 fully saturated rings. The molecule has 0 bridgehead atoms. The summed E-state index contributed by atoms with van der Waals surface area (Å²) in [5, 5.41) is 0. The topological polar surface area (TPSA) is 54.9 Å². The average molecular weight is 341 g/mol. The van der Waals surface area contributed by atoms with E-state index < -0.39 is 0 Å². The van der Waals surface area contributed by atoms with Crippen LogP contribution in [0, 0.1) is 0 Å². The van der Waals surface area contributed by atoms with E-state index in [1.54, 1.807) is 26.6 Å². The van der Waals surface area contributed by atoms with E-state index in [2.05, 4.69) is 16.9 Å². The molecule has 0 atom stereocenters. The number of carbonyl (C=O) groups excluding carboxylic acids is 1. The van der Waals surface area contributed by atoms with Crippen LogP contribution in [-0.2, 0) is 0 Å². The molecule has 0 radical (unpaired) electrons. The number of carbonyl (C=O) groups is 1. The normalized spacial score (nSPS) is 15.1. The van der Waals surface area contributed by atoms with Gasteiger partial charge in [-0.3, -0.25) is 9.78 Å². The Morgan fingerprint density at radius 2 is 1.68 bits per heavy atom. The highest BCUT2D eigenvalue weighted by Crippen LogP contribution is 2.32. The number of ether oxygens (including phenoxy) is 2. The minimum absolute atomic E-state index is 0.0305. The standard InChI is InChI=1S/C19H23N3O3/c1-21-6-8-22(9-7-21)19(23)16-10-15(12-20-13-16)14-4-5-17(24-2)18(11-14)25-3/h4-5,10-13H,6-9H2,1-3H3. The fourth-order valence-corrected chi connectivity index (χ4v) is 2.92. The van der Waals surface area contributed by atoms with Crippen LogP contribution >= 0.6 is 0 Å². The Hall–Kier alpha value is -2.60. The van der Waals surface area contributed by atoms with Gasteiger partial charge in [0.2, 0.25) is 0 Å². The number of rotatable bonds is 4. The van der Waals surface area contributed by atoms with E-state index in [0.29, 0.717) is 17.1 Å². The molecule has 1 saturated heterocycles. The molecule has 0 spiro atoms. The molecule has 1 aromatic heterocycles. The molecule has 132 valence electrons. The van der Waals surface area contributed by atoms with E-state index in [1.165, 1.54) is 0 Å². The van der Waals surface area contributed by atoms with Gasteiger partial charge >= 0.3 is 0 Å². The van der Waals surface area contributed by atoms with Crippen LogP contribution in [0.15, 0.2) is 36.7 Å². The molecule has 1 aromatic carbocycles. The van der Waals surface area contributed by atoms with Crippen LogP contribution in [0.1, 0.15) is 10.4 Å². The first-order valence-electron chi connectivity index (χ1n) is 8.27. The predicted octanol–water partition coefficient (Wildman–Crippen LogP) is 2.15. The van der Waals surface area contributed by atoms with Crippen LogP contribution in [0.4, 0.5) is 0 Å². The molecular weight excluding hydrogens is 318 g/mol. The summed E-state index contributed by atoms with van der Waals surface area (Å²) in [4.78, 5) is 21.1. The van der Waals surface area contributed by atoms with Gasteiger partial charge in [0.25, 0.3) is 5.91 Å². The Kier molecular flexibility index (Phi) is 5.19. The van der Waals surface area contributed by atoms with Crippen molar-refractivity contribution in [3.63, 3.8) is 0 Å². The number of nitrogens with zero attached hydrogens (tertiary/aromatic N) is 3. The number of likely N-dealkylation sites (N-methyl/N-ethyl adjacent to an activating group) is 1. The summed E-state index contributed by atoms with van der Waals surface area (Å²) in [7, 11) is 5.28. The average Bonchev–Trinajstić information content (AvgIpc) is 2.67. The zero-order chi connectivity index (χ0) is 17.8. The van der Waals surface area contributed by atoms with Crippen molar-refractivity contribution < 1.29 is 14.3 Å². The molecular formula is C19H23N3O3. The zero-order valence-corrected chi connectivity index (χ0v) is 14.9. The van der Waals surface area contributed by atoms with Crippen molar-refractivity contribution in [3.05, 3.63) is 42.2 Å². The minimum Gasteiger partial charge on any atom is -0.493 e. The van der Waals surface area contributed by atoms with Crippen LogP contribution in [0.25, 0.3) is 11.1 Å². The summed E-state index contributed by atoms with van der Waals surface area (Å²) in [5.74, 6) is 1.35. The van der Waals surface area contributed by atoms with E-state index in [4.69, 9.17) is 9.47 Å². The van der Waals surface area contributed by atoms with Gasteiger partial charge in [-0.1, -0.05) is 6.07 Å². The highest BCUT2D eigenvalue weighted by atomic mass is 16.5. The predicted molar refractivity (Wildman–Crippen MR) is 96.2 cm³/mol. The number of piperazine rings is 1. The van der Waals surface area contributed by atoms with Gasteiger partial charge < -0.3 is 19.3 Å². The van der Waals surface area contributed by atoms with E-state index in [9.17, 15) is 4.79 Å². The fourth-order valence-electron chi connectivity index (χ4n) is 2.92. The van der Waals surface area contributed by atoms with Crippen molar-refractivity contribution in [2.45, 2.75) is 0 Å². The fraction of sp³-hybridized carbons (Fsp3) is 0.368. The number of benzene rings is 1. The van der Waals surface area contributed by atoms with E-state index in [1.807, 2.05) is 29.2 Å². The van der Waals surface area contributed by atoms with E-state index in [-0.39, 0.29) is 5.91 Å². The minimum atomic E-state index is 0.0305. The number of hydrogen-bond donors (Lipinski definition) is 0. The Labute approximate surface area is 148 Å². The van der Waals surface area contributed by atoms with Gasteiger partial charge in [0.15, 0.2) is 11.5 Å². The zero-order valence-electron chi connectivity index (χ0n) is 14.9. The third-order valence-electron chi connectivity index (χ3n) is 4.49. The molecule has 6 nitrogen and oxygen atoms in total. The molecule has 0 aliphatic carbocycles. The maximum atomic E-state index is 12.7. The summed E-state index contributed by atoms with van der Waals surface area (Å²) < 4.78 is 10.6.